The van der Waals surface area contributed by atoms with Gasteiger partial charge >= 0.3 is 0 Å². The van der Waals surface area contributed by atoms with E-state index < -0.39 is 15.3 Å². The smallest absolute Gasteiger partial charge is 0.232 e. The Labute approximate surface area is 135 Å². The Morgan fingerprint density at radius 1 is 1.35 bits per heavy atom. The lowest BCUT2D eigenvalue weighted by molar-refractivity contribution is -0.128. The predicted molar refractivity (Wildman–Crippen MR) is 82.1 cm³/mol. The van der Waals surface area contributed by atoms with Crippen LogP contribution in [0.5, 0.6) is 0 Å². The van der Waals surface area contributed by atoms with Crippen LogP contribution in [-0.2, 0) is 14.8 Å². The number of hydrogen-bond donors (Lipinski definition) is 0. The Morgan fingerprint density at radius 2 is 2.00 bits per heavy atom. The topological polar surface area (TPSA) is 96.6 Å². The van der Waals surface area contributed by atoms with Crippen molar-refractivity contribution in [2.75, 3.05) is 26.2 Å². The summed E-state index contributed by atoms with van der Waals surface area (Å²) in [6, 6.07) is 0. The van der Waals surface area contributed by atoms with Crippen molar-refractivity contribution in [1.82, 2.24) is 19.3 Å². The molecule has 0 aliphatic carbocycles. The molecule has 9 heteroatoms. The molecule has 23 heavy (non-hydrogen) atoms. The minimum Gasteiger partial charge on any atom is -0.341 e. The summed E-state index contributed by atoms with van der Waals surface area (Å²) in [4.78, 5) is 17.8. The van der Waals surface area contributed by atoms with Gasteiger partial charge < -0.3 is 9.42 Å². The fraction of sp³-hybridized carbons (Fsp3) is 0.786. The third-order valence-electron chi connectivity index (χ3n) is 4.87. The normalized spacial score (nSPS) is 24.4. The van der Waals surface area contributed by atoms with Gasteiger partial charge in [0.2, 0.25) is 21.8 Å². The van der Waals surface area contributed by atoms with Gasteiger partial charge in [-0.15, -0.1) is 0 Å². The number of carbonyl (C=O) groups excluding carboxylic acids is 1. The minimum atomic E-state index is -3.28. The van der Waals surface area contributed by atoms with Crippen molar-refractivity contribution >= 4 is 15.9 Å². The quantitative estimate of drug-likeness (QED) is 0.787. The number of amides is 1. The van der Waals surface area contributed by atoms with Crippen molar-refractivity contribution in [1.29, 1.82) is 0 Å². The average Bonchev–Trinajstić information content (AvgIpc) is 2.99. The van der Waals surface area contributed by atoms with Crippen molar-refractivity contribution in [3.05, 3.63) is 11.7 Å². The van der Waals surface area contributed by atoms with Crippen LogP contribution in [0, 0.1) is 12.3 Å². The van der Waals surface area contributed by atoms with Gasteiger partial charge in [0.15, 0.2) is 5.82 Å². The first-order valence-electron chi connectivity index (χ1n) is 7.70. The molecule has 1 aromatic rings. The number of carbonyl (C=O) groups is 1. The van der Waals surface area contributed by atoms with E-state index in [0.717, 1.165) is 0 Å². The molecular formula is C14H22N4O4S. The number of sulfonamides is 1. The molecule has 2 fully saturated rings. The molecule has 1 aromatic heterocycles. The molecule has 0 radical (unpaired) electrons. The lowest BCUT2D eigenvalue weighted by atomic mass is 9.73. The van der Waals surface area contributed by atoms with E-state index in [4.69, 9.17) is 4.52 Å². The van der Waals surface area contributed by atoms with Crippen molar-refractivity contribution in [3.63, 3.8) is 0 Å². The highest BCUT2D eigenvalue weighted by Crippen LogP contribution is 2.49. The summed E-state index contributed by atoms with van der Waals surface area (Å²) >= 11 is 0. The Hall–Kier alpha value is -1.48. The maximum Gasteiger partial charge on any atom is 0.232 e. The molecule has 1 spiro atoms. The van der Waals surface area contributed by atoms with Crippen LogP contribution in [0.15, 0.2) is 4.52 Å². The molecule has 0 aromatic carbocycles. The van der Waals surface area contributed by atoms with Crippen LogP contribution in [0.1, 0.15) is 38.4 Å². The minimum absolute atomic E-state index is 0.0201. The molecule has 2 aliphatic rings. The molecule has 3 heterocycles. The van der Waals surface area contributed by atoms with Gasteiger partial charge in [-0.1, -0.05) is 5.16 Å². The third kappa shape index (κ3) is 2.55. The molecule has 0 saturated carbocycles. The Kier molecular flexibility index (Phi) is 3.75. The van der Waals surface area contributed by atoms with Crippen LogP contribution in [0.4, 0.5) is 0 Å². The zero-order chi connectivity index (χ0) is 17.0. The Balaban J connectivity index is 1.86. The fourth-order valence-electron chi connectivity index (χ4n) is 3.46. The number of nitrogens with zero attached hydrogens (tertiary/aromatic N) is 4. The highest BCUT2D eigenvalue weighted by atomic mass is 32.2. The first kappa shape index (κ1) is 16.4. The van der Waals surface area contributed by atoms with Crippen LogP contribution < -0.4 is 0 Å². The number of likely N-dealkylation sites (tertiary alicyclic amines) is 1. The second kappa shape index (κ2) is 5.27. The second-order valence-corrected chi connectivity index (χ2v) is 9.35. The van der Waals surface area contributed by atoms with Gasteiger partial charge in [-0.2, -0.15) is 4.98 Å². The molecule has 1 unspecified atom stereocenters. The van der Waals surface area contributed by atoms with E-state index in [1.807, 2.05) is 0 Å². The van der Waals surface area contributed by atoms with Crippen molar-refractivity contribution in [3.8, 4) is 0 Å². The molecule has 1 atom stereocenters. The average molecular weight is 342 g/mol. The predicted octanol–water partition coefficient (Wildman–Crippen LogP) is 0.364. The molecule has 0 bridgehead atoms. The molecule has 8 nitrogen and oxygen atoms in total. The van der Waals surface area contributed by atoms with Gasteiger partial charge in [-0.25, -0.2) is 12.7 Å². The molecule has 0 N–H and O–H groups in total. The summed E-state index contributed by atoms with van der Waals surface area (Å²) in [6.07, 6.45) is 0. The van der Waals surface area contributed by atoms with E-state index >= 15 is 0 Å². The van der Waals surface area contributed by atoms with Gasteiger partial charge in [0.1, 0.15) is 0 Å². The van der Waals surface area contributed by atoms with Crippen molar-refractivity contribution in [2.24, 2.45) is 5.41 Å². The number of aromatic nitrogens is 2. The molecule has 2 saturated heterocycles. The third-order valence-corrected chi connectivity index (χ3v) is 7.04. The van der Waals surface area contributed by atoms with E-state index in [1.54, 1.807) is 25.7 Å². The highest BCUT2D eigenvalue weighted by molar-refractivity contribution is 7.89. The first-order valence-corrected chi connectivity index (χ1v) is 9.21. The van der Waals surface area contributed by atoms with Gasteiger partial charge in [0.05, 0.1) is 11.2 Å². The summed E-state index contributed by atoms with van der Waals surface area (Å²) in [7, 11) is -3.28. The highest BCUT2D eigenvalue weighted by Gasteiger charge is 2.59. The standard InChI is InChI=1S/C14H22N4O4S/c1-9(2)23(20,21)18-7-14(8-18)6-17(11(4)19)5-12(14)13-15-10(3)16-22-13/h9,12H,5-8H2,1-4H3. The molecule has 128 valence electrons. The maximum absolute atomic E-state index is 12.3. The lowest BCUT2D eigenvalue weighted by Crippen LogP contribution is -2.62. The van der Waals surface area contributed by atoms with Crippen LogP contribution in [-0.4, -0.2) is 65.1 Å². The summed E-state index contributed by atoms with van der Waals surface area (Å²) in [5, 5.41) is 3.38. The van der Waals surface area contributed by atoms with Crippen LogP contribution >= 0.6 is 0 Å². The maximum atomic E-state index is 12.3. The van der Waals surface area contributed by atoms with E-state index in [2.05, 4.69) is 10.1 Å². The van der Waals surface area contributed by atoms with Crippen LogP contribution in [0.3, 0.4) is 0 Å². The Morgan fingerprint density at radius 3 is 2.48 bits per heavy atom. The number of aryl methyl sites for hydroxylation is 1. The van der Waals surface area contributed by atoms with Gasteiger partial charge in [0.25, 0.3) is 0 Å². The molecule has 3 rings (SSSR count). The fourth-order valence-corrected chi connectivity index (χ4v) is 4.93. The summed E-state index contributed by atoms with van der Waals surface area (Å²) in [6.45, 7) is 8.42. The zero-order valence-corrected chi connectivity index (χ0v) is 14.6. The monoisotopic (exact) mass is 342 g/mol. The van der Waals surface area contributed by atoms with E-state index in [0.29, 0.717) is 37.9 Å². The summed E-state index contributed by atoms with van der Waals surface area (Å²) < 4.78 is 31.4. The van der Waals surface area contributed by atoms with Gasteiger partial charge in [0, 0.05) is 38.5 Å². The van der Waals surface area contributed by atoms with Gasteiger partial charge in [-0.3, -0.25) is 4.79 Å². The molecular weight excluding hydrogens is 320 g/mol. The number of hydrogen-bond acceptors (Lipinski definition) is 6. The van der Waals surface area contributed by atoms with Gasteiger partial charge in [-0.05, 0) is 20.8 Å². The van der Waals surface area contributed by atoms with Crippen molar-refractivity contribution in [2.45, 2.75) is 38.9 Å². The van der Waals surface area contributed by atoms with Crippen molar-refractivity contribution < 1.29 is 17.7 Å². The largest absolute Gasteiger partial charge is 0.341 e. The first-order chi connectivity index (χ1) is 10.7. The molecule has 1 amide bonds. The Bertz CT molecular complexity index is 721. The summed E-state index contributed by atoms with van der Waals surface area (Å²) in [5.74, 6) is 0.898. The lowest BCUT2D eigenvalue weighted by Gasteiger charge is -2.49. The zero-order valence-electron chi connectivity index (χ0n) is 13.8. The van der Waals surface area contributed by atoms with E-state index in [1.165, 1.54) is 11.2 Å². The summed E-state index contributed by atoms with van der Waals surface area (Å²) in [5.41, 5.74) is -0.327. The second-order valence-electron chi connectivity index (χ2n) is 6.86. The van der Waals surface area contributed by atoms with E-state index in [9.17, 15) is 13.2 Å². The molecule has 2 aliphatic heterocycles. The number of rotatable bonds is 3. The van der Waals surface area contributed by atoms with Crippen LogP contribution in [0.2, 0.25) is 0 Å². The van der Waals surface area contributed by atoms with E-state index in [-0.39, 0.29) is 17.2 Å². The SMILES string of the molecule is CC(=O)N1CC(c2nc(C)no2)C2(C1)CN(S(=O)(=O)C(C)C)C2. The van der Waals surface area contributed by atoms with Crippen LogP contribution in [0.25, 0.3) is 0 Å².